The van der Waals surface area contributed by atoms with Crippen LogP contribution in [0.1, 0.15) is 24.8 Å². The summed E-state index contributed by atoms with van der Waals surface area (Å²) in [6.07, 6.45) is 3.80. The van der Waals surface area contributed by atoms with Gasteiger partial charge in [-0.2, -0.15) is 0 Å². The molecule has 5 nitrogen and oxygen atoms in total. The molecule has 1 N–H and O–H groups in total. The predicted molar refractivity (Wildman–Crippen MR) is 90.3 cm³/mol. The molecule has 2 fully saturated rings. The second-order valence-electron chi connectivity index (χ2n) is 6.42. The molecule has 3 rings (SSSR count). The van der Waals surface area contributed by atoms with Crippen molar-refractivity contribution in [3.05, 3.63) is 35.9 Å². The standard InChI is InChI=1S/C18H27N3O2/c22-18(19-14-16-6-2-1-3-7-16)21-10-5-9-20(11-12-21)15-17-8-4-13-23-17/h1-3,6-7,17H,4-5,8-15H2,(H,19,22)/t17-/m1/s1. The van der Waals surface area contributed by atoms with E-state index in [0.717, 1.165) is 51.3 Å². The summed E-state index contributed by atoms with van der Waals surface area (Å²) in [4.78, 5) is 16.7. The summed E-state index contributed by atoms with van der Waals surface area (Å²) in [5, 5.41) is 3.03. The molecular formula is C18H27N3O2. The second-order valence-corrected chi connectivity index (χ2v) is 6.42. The third kappa shape index (κ3) is 4.94. The summed E-state index contributed by atoms with van der Waals surface area (Å²) >= 11 is 0. The normalized spacial score (nSPS) is 22.8. The van der Waals surface area contributed by atoms with Crippen molar-refractivity contribution in [1.82, 2.24) is 15.1 Å². The van der Waals surface area contributed by atoms with Crippen LogP contribution in [0, 0.1) is 0 Å². The van der Waals surface area contributed by atoms with Crippen molar-refractivity contribution < 1.29 is 9.53 Å². The Kier molecular flexibility index (Phi) is 5.88. The molecule has 0 saturated carbocycles. The van der Waals surface area contributed by atoms with Crippen LogP contribution >= 0.6 is 0 Å². The largest absolute Gasteiger partial charge is 0.377 e. The van der Waals surface area contributed by atoms with Crippen LogP contribution in [0.4, 0.5) is 4.79 Å². The van der Waals surface area contributed by atoms with Gasteiger partial charge in [0.1, 0.15) is 0 Å². The molecule has 0 bridgehead atoms. The van der Waals surface area contributed by atoms with Gasteiger partial charge in [0.25, 0.3) is 0 Å². The van der Waals surface area contributed by atoms with Gasteiger partial charge < -0.3 is 15.0 Å². The number of carbonyl (C=O) groups is 1. The van der Waals surface area contributed by atoms with E-state index >= 15 is 0 Å². The van der Waals surface area contributed by atoms with Gasteiger partial charge in [-0.3, -0.25) is 4.90 Å². The van der Waals surface area contributed by atoms with Crippen molar-refractivity contribution in [2.45, 2.75) is 31.9 Å². The number of urea groups is 1. The van der Waals surface area contributed by atoms with Crippen molar-refractivity contribution in [1.29, 1.82) is 0 Å². The molecule has 2 saturated heterocycles. The fourth-order valence-corrected chi connectivity index (χ4v) is 3.32. The maximum Gasteiger partial charge on any atom is 0.317 e. The molecule has 1 atom stereocenters. The summed E-state index contributed by atoms with van der Waals surface area (Å²) in [6, 6.07) is 10.1. The first-order valence-electron chi connectivity index (χ1n) is 8.72. The summed E-state index contributed by atoms with van der Waals surface area (Å²) < 4.78 is 5.72. The lowest BCUT2D eigenvalue weighted by molar-refractivity contribution is 0.0746. The lowest BCUT2D eigenvalue weighted by atomic mass is 10.2. The molecule has 2 aliphatic heterocycles. The van der Waals surface area contributed by atoms with Crippen molar-refractivity contribution in [2.75, 3.05) is 39.3 Å². The third-order valence-corrected chi connectivity index (χ3v) is 4.65. The molecule has 5 heteroatoms. The summed E-state index contributed by atoms with van der Waals surface area (Å²) in [5.74, 6) is 0. The maximum atomic E-state index is 12.3. The molecule has 126 valence electrons. The quantitative estimate of drug-likeness (QED) is 0.925. The number of amides is 2. The van der Waals surface area contributed by atoms with Gasteiger partial charge in [0.15, 0.2) is 0 Å². The molecule has 0 aromatic heterocycles. The van der Waals surface area contributed by atoms with E-state index in [1.807, 2.05) is 35.2 Å². The first-order chi connectivity index (χ1) is 11.3. The first-order valence-corrected chi connectivity index (χ1v) is 8.72. The molecule has 0 radical (unpaired) electrons. The Morgan fingerprint density at radius 2 is 2.00 bits per heavy atom. The molecule has 23 heavy (non-hydrogen) atoms. The topological polar surface area (TPSA) is 44.8 Å². The van der Waals surface area contributed by atoms with Crippen molar-refractivity contribution >= 4 is 6.03 Å². The molecule has 2 heterocycles. The van der Waals surface area contributed by atoms with E-state index in [-0.39, 0.29) is 6.03 Å². The Balaban J connectivity index is 1.42. The fourth-order valence-electron chi connectivity index (χ4n) is 3.32. The van der Waals surface area contributed by atoms with E-state index in [9.17, 15) is 4.79 Å². The van der Waals surface area contributed by atoms with Crippen LogP contribution in [-0.4, -0.2) is 61.3 Å². The minimum Gasteiger partial charge on any atom is -0.377 e. The Bertz CT molecular complexity index is 488. The van der Waals surface area contributed by atoms with Crippen LogP contribution in [0.2, 0.25) is 0 Å². The average molecular weight is 317 g/mol. The second kappa shape index (κ2) is 8.31. The molecule has 2 aliphatic rings. The van der Waals surface area contributed by atoms with Crippen molar-refractivity contribution in [3.8, 4) is 0 Å². The molecule has 0 aliphatic carbocycles. The highest BCUT2D eigenvalue weighted by atomic mass is 16.5. The number of nitrogens with zero attached hydrogens (tertiary/aromatic N) is 2. The van der Waals surface area contributed by atoms with E-state index in [1.165, 1.54) is 12.8 Å². The molecule has 1 aromatic rings. The zero-order chi connectivity index (χ0) is 15.9. The van der Waals surface area contributed by atoms with Crippen LogP contribution in [0.3, 0.4) is 0 Å². The lowest BCUT2D eigenvalue weighted by Gasteiger charge is -2.24. The monoisotopic (exact) mass is 317 g/mol. The molecule has 0 unspecified atom stereocenters. The minimum atomic E-state index is 0.0489. The van der Waals surface area contributed by atoms with Gasteiger partial charge in [0, 0.05) is 39.3 Å². The summed E-state index contributed by atoms with van der Waals surface area (Å²) in [7, 11) is 0. The Morgan fingerprint density at radius 1 is 1.13 bits per heavy atom. The van der Waals surface area contributed by atoms with Crippen LogP contribution < -0.4 is 5.32 Å². The fraction of sp³-hybridized carbons (Fsp3) is 0.611. The Hall–Kier alpha value is -1.59. The van der Waals surface area contributed by atoms with Crippen LogP contribution in [-0.2, 0) is 11.3 Å². The SMILES string of the molecule is O=C(NCc1ccccc1)N1CCCN(C[C@H]2CCCO2)CC1. The van der Waals surface area contributed by atoms with E-state index < -0.39 is 0 Å². The smallest absolute Gasteiger partial charge is 0.317 e. The van der Waals surface area contributed by atoms with Gasteiger partial charge >= 0.3 is 6.03 Å². The lowest BCUT2D eigenvalue weighted by Crippen LogP contribution is -2.42. The van der Waals surface area contributed by atoms with Gasteiger partial charge in [-0.1, -0.05) is 30.3 Å². The van der Waals surface area contributed by atoms with E-state index in [4.69, 9.17) is 4.74 Å². The number of nitrogens with one attached hydrogen (secondary N) is 1. The summed E-state index contributed by atoms with van der Waals surface area (Å²) in [6.45, 7) is 6.15. The Labute approximate surface area is 138 Å². The highest BCUT2D eigenvalue weighted by Crippen LogP contribution is 2.14. The zero-order valence-corrected chi connectivity index (χ0v) is 13.7. The molecule has 2 amide bonds. The van der Waals surface area contributed by atoms with Crippen molar-refractivity contribution in [3.63, 3.8) is 0 Å². The van der Waals surface area contributed by atoms with Gasteiger partial charge in [-0.25, -0.2) is 4.79 Å². The van der Waals surface area contributed by atoms with Crippen LogP contribution in [0.15, 0.2) is 30.3 Å². The highest BCUT2D eigenvalue weighted by Gasteiger charge is 2.23. The third-order valence-electron chi connectivity index (χ3n) is 4.65. The minimum absolute atomic E-state index is 0.0489. The average Bonchev–Trinajstić information content (AvgIpc) is 2.98. The summed E-state index contributed by atoms with van der Waals surface area (Å²) in [5.41, 5.74) is 1.13. The van der Waals surface area contributed by atoms with E-state index in [0.29, 0.717) is 12.6 Å². The van der Waals surface area contributed by atoms with Crippen molar-refractivity contribution in [2.24, 2.45) is 0 Å². The number of rotatable bonds is 4. The van der Waals surface area contributed by atoms with Gasteiger partial charge in [-0.05, 0) is 31.4 Å². The van der Waals surface area contributed by atoms with Gasteiger partial charge in [-0.15, -0.1) is 0 Å². The van der Waals surface area contributed by atoms with Crippen LogP contribution in [0.5, 0.6) is 0 Å². The highest BCUT2D eigenvalue weighted by molar-refractivity contribution is 5.74. The number of ether oxygens (including phenoxy) is 1. The number of hydrogen-bond donors (Lipinski definition) is 1. The molecule has 1 aromatic carbocycles. The van der Waals surface area contributed by atoms with Gasteiger partial charge in [0.05, 0.1) is 6.10 Å². The molecular weight excluding hydrogens is 290 g/mol. The van der Waals surface area contributed by atoms with Crippen LogP contribution in [0.25, 0.3) is 0 Å². The maximum absolute atomic E-state index is 12.3. The Morgan fingerprint density at radius 3 is 2.78 bits per heavy atom. The number of carbonyl (C=O) groups excluding carboxylic acids is 1. The first kappa shape index (κ1) is 16.3. The predicted octanol–water partition coefficient (Wildman–Crippen LogP) is 2.08. The van der Waals surface area contributed by atoms with E-state index in [2.05, 4.69) is 10.2 Å². The van der Waals surface area contributed by atoms with E-state index in [1.54, 1.807) is 0 Å². The number of hydrogen-bond acceptors (Lipinski definition) is 3. The van der Waals surface area contributed by atoms with Gasteiger partial charge in [0.2, 0.25) is 0 Å². The number of benzene rings is 1. The molecule has 0 spiro atoms. The zero-order valence-electron chi connectivity index (χ0n) is 13.7.